The van der Waals surface area contributed by atoms with Crippen molar-refractivity contribution in [2.75, 3.05) is 0 Å². The summed E-state index contributed by atoms with van der Waals surface area (Å²) in [6.45, 7) is 0. The van der Waals surface area contributed by atoms with Crippen LogP contribution >= 0.6 is 0 Å². The van der Waals surface area contributed by atoms with Crippen LogP contribution < -0.4 is 0 Å². The lowest BCUT2D eigenvalue weighted by atomic mass is 9.99. The van der Waals surface area contributed by atoms with Crippen LogP contribution in [0, 0.1) is 0 Å². The number of nitrogens with zero attached hydrogens (tertiary/aromatic N) is 4. The molecule has 0 radical (unpaired) electrons. The fourth-order valence-electron chi connectivity index (χ4n) is 9.01. The number of hydrogen-bond acceptors (Lipinski definition) is 5. The maximum Gasteiger partial charge on any atom is 0.164 e. The zero-order chi connectivity index (χ0) is 37.2. The summed E-state index contributed by atoms with van der Waals surface area (Å²) in [5.41, 5.74) is 11.8. The summed E-state index contributed by atoms with van der Waals surface area (Å²) in [6, 6.07) is 59.1. The van der Waals surface area contributed by atoms with Gasteiger partial charge in [0.05, 0.1) is 16.6 Å². The number of para-hydroxylation sites is 3. The van der Waals surface area contributed by atoms with Crippen LogP contribution in [0.5, 0.6) is 0 Å². The molecule has 6 nitrogen and oxygen atoms in total. The second kappa shape index (κ2) is 11.4. The third-order valence-electron chi connectivity index (χ3n) is 11.6. The van der Waals surface area contributed by atoms with Crippen molar-refractivity contribution in [3.63, 3.8) is 0 Å². The van der Waals surface area contributed by atoms with Gasteiger partial charge in [0.2, 0.25) is 0 Å². The highest BCUT2D eigenvalue weighted by molar-refractivity contribution is 6.23. The van der Waals surface area contributed by atoms with Gasteiger partial charge in [-0.15, -0.1) is 0 Å². The maximum absolute atomic E-state index is 6.51. The molecule has 5 aromatic heterocycles. The van der Waals surface area contributed by atoms with Crippen molar-refractivity contribution < 1.29 is 8.83 Å². The van der Waals surface area contributed by atoms with E-state index in [0.29, 0.717) is 17.5 Å². The van der Waals surface area contributed by atoms with E-state index in [1.54, 1.807) is 0 Å². The van der Waals surface area contributed by atoms with Crippen LogP contribution in [0.1, 0.15) is 0 Å². The van der Waals surface area contributed by atoms with Crippen LogP contribution in [0.15, 0.2) is 179 Å². The topological polar surface area (TPSA) is 69.4 Å². The summed E-state index contributed by atoms with van der Waals surface area (Å²) in [5, 5.41) is 9.17. The minimum atomic E-state index is 0.568. The molecule has 5 heterocycles. The summed E-state index contributed by atoms with van der Waals surface area (Å²) in [6.07, 6.45) is 0. The van der Waals surface area contributed by atoms with E-state index >= 15 is 0 Å². The first-order valence-corrected chi connectivity index (χ1v) is 19.1. The molecule has 0 fully saturated rings. The maximum atomic E-state index is 6.51. The van der Waals surface area contributed by atoms with Crippen LogP contribution in [0.25, 0.3) is 127 Å². The Morgan fingerprint density at radius 3 is 1.82 bits per heavy atom. The third-order valence-corrected chi connectivity index (χ3v) is 11.6. The zero-order valence-corrected chi connectivity index (χ0v) is 30.3. The first kappa shape index (κ1) is 30.5. The van der Waals surface area contributed by atoms with E-state index in [0.717, 1.165) is 71.7 Å². The molecule has 0 unspecified atom stereocenters. The molecule has 6 heteroatoms. The molecule has 0 bridgehead atoms. The van der Waals surface area contributed by atoms with Crippen LogP contribution in [0.2, 0.25) is 0 Å². The third kappa shape index (κ3) is 4.38. The van der Waals surface area contributed by atoms with E-state index < -0.39 is 0 Å². The summed E-state index contributed by atoms with van der Waals surface area (Å²) in [7, 11) is 0. The van der Waals surface area contributed by atoms with Crippen molar-refractivity contribution >= 4 is 82.0 Å². The number of hydrogen-bond donors (Lipinski definition) is 0. The minimum absolute atomic E-state index is 0.568. The van der Waals surface area contributed by atoms with E-state index in [9.17, 15) is 0 Å². The molecular weight excluding hydrogens is 701 g/mol. The molecule has 0 atom stereocenters. The Labute approximate surface area is 324 Å². The SMILES string of the molecule is c1ccc(-c2nc(-c3ccc4c(c3)oc3ccccc34)nc(-c3cccc4oc5ccc(-c6ccc7c(c6)c6cccc8c9ccccc9n7c86)cc5c34)n2)cc1. The van der Waals surface area contributed by atoms with Gasteiger partial charge in [0, 0.05) is 59.8 Å². The average molecular weight is 729 g/mol. The highest BCUT2D eigenvalue weighted by atomic mass is 16.3. The second-order valence-corrected chi connectivity index (χ2v) is 14.8. The van der Waals surface area contributed by atoms with Gasteiger partial charge in [-0.25, -0.2) is 15.0 Å². The monoisotopic (exact) mass is 728 g/mol. The van der Waals surface area contributed by atoms with Crippen molar-refractivity contribution in [3.8, 4) is 45.3 Å². The van der Waals surface area contributed by atoms with Gasteiger partial charge in [-0.2, -0.15) is 0 Å². The molecule has 57 heavy (non-hydrogen) atoms. The van der Waals surface area contributed by atoms with E-state index in [2.05, 4.69) is 108 Å². The number of benzene rings is 8. The Morgan fingerprint density at radius 2 is 0.930 bits per heavy atom. The molecule has 0 amide bonds. The van der Waals surface area contributed by atoms with Gasteiger partial charge in [0.25, 0.3) is 0 Å². The van der Waals surface area contributed by atoms with E-state index in [-0.39, 0.29) is 0 Å². The Balaban J connectivity index is 0.996. The molecule has 8 aromatic carbocycles. The summed E-state index contributed by atoms with van der Waals surface area (Å²) in [5.74, 6) is 1.73. The highest BCUT2D eigenvalue weighted by Crippen LogP contribution is 2.42. The number of rotatable bonds is 4. The molecule has 0 spiro atoms. The Hall–Kier alpha value is -7.83. The van der Waals surface area contributed by atoms with Gasteiger partial charge < -0.3 is 13.2 Å². The van der Waals surface area contributed by atoms with Crippen LogP contribution in [-0.2, 0) is 0 Å². The lowest BCUT2D eigenvalue weighted by Gasteiger charge is -2.09. The lowest BCUT2D eigenvalue weighted by Crippen LogP contribution is -2.00. The van der Waals surface area contributed by atoms with E-state index in [4.69, 9.17) is 23.8 Å². The first-order valence-electron chi connectivity index (χ1n) is 19.1. The van der Waals surface area contributed by atoms with Crippen molar-refractivity contribution in [2.45, 2.75) is 0 Å². The number of aromatic nitrogens is 4. The molecule has 13 aromatic rings. The Bertz CT molecular complexity index is 3760. The molecular formula is C51H28N4O2. The minimum Gasteiger partial charge on any atom is -0.456 e. The van der Waals surface area contributed by atoms with Gasteiger partial charge in [0.1, 0.15) is 22.3 Å². The molecule has 264 valence electrons. The lowest BCUT2D eigenvalue weighted by molar-refractivity contribution is 0.668. The normalized spacial score (nSPS) is 12.2. The standard InChI is InChI=1S/C51H28N4O2/c1-2-10-29(11-3-1)49-52-50(32-20-23-35-34-13-5-7-18-43(34)57-46(35)28-32)54-51(53-49)38-16-9-19-45-47(38)40-27-31(22-25-44(40)56-45)30-21-24-42-39(26-30)37-15-8-14-36-33-12-4-6-17-41(33)55(42)48(36)37/h1-28H. The fourth-order valence-corrected chi connectivity index (χ4v) is 9.01. The highest BCUT2D eigenvalue weighted by Gasteiger charge is 2.21. The largest absolute Gasteiger partial charge is 0.456 e. The van der Waals surface area contributed by atoms with Gasteiger partial charge in [-0.05, 0) is 65.7 Å². The van der Waals surface area contributed by atoms with Crippen molar-refractivity contribution in [2.24, 2.45) is 0 Å². The number of fused-ring (bicyclic) bond motifs is 12. The Kier molecular flexibility index (Phi) is 6.07. The van der Waals surface area contributed by atoms with Gasteiger partial charge >= 0.3 is 0 Å². The van der Waals surface area contributed by atoms with Gasteiger partial charge in [0.15, 0.2) is 17.5 Å². The molecule has 0 aliphatic rings. The van der Waals surface area contributed by atoms with Gasteiger partial charge in [-0.1, -0.05) is 115 Å². The quantitative estimate of drug-likeness (QED) is 0.180. The van der Waals surface area contributed by atoms with Gasteiger partial charge in [-0.3, -0.25) is 0 Å². The van der Waals surface area contributed by atoms with E-state index in [1.807, 2.05) is 66.7 Å². The van der Waals surface area contributed by atoms with Crippen molar-refractivity contribution in [1.29, 1.82) is 0 Å². The van der Waals surface area contributed by atoms with Crippen molar-refractivity contribution in [1.82, 2.24) is 19.4 Å². The molecule has 0 N–H and O–H groups in total. The average Bonchev–Trinajstić information content (AvgIpc) is 4.03. The zero-order valence-electron chi connectivity index (χ0n) is 30.3. The van der Waals surface area contributed by atoms with Crippen LogP contribution in [0.4, 0.5) is 0 Å². The number of furan rings is 2. The predicted molar refractivity (Wildman–Crippen MR) is 231 cm³/mol. The second-order valence-electron chi connectivity index (χ2n) is 14.8. The van der Waals surface area contributed by atoms with Crippen LogP contribution in [0.3, 0.4) is 0 Å². The smallest absolute Gasteiger partial charge is 0.164 e. The van der Waals surface area contributed by atoms with Crippen molar-refractivity contribution in [3.05, 3.63) is 170 Å². The van der Waals surface area contributed by atoms with E-state index in [1.165, 1.54) is 38.1 Å². The summed E-state index contributed by atoms with van der Waals surface area (Å²) >= 11 is 0. The predicted octanol–water partition coefficient (Wildman–Crippen LogP) is 13.5. The molecule has 0 aliphatic carbocycles. The molecule has 0 saturated heterocycles. The molecule has 13 rings (SSSR count). The summed E-state index contributed by atoms with van der Waals surface area (Å²) < 4.78 is 15.2. The summed E-state index contributed by atoms with van der Waals surface area (Å²) in [4.78, 5) is 15.3. The fraction of sp³-hybridized carbons (Fsp3) is 0. The first-order chi connectivity index (χ1) is 28.2. The molecule has 0 aliphatic heterocycles. The molecule has 0 saturated carbocycles. The van der Waals surface area contributed by atoms with Crippen LogP contribution in [-0.4, -0.2) is 19.4 Å². The Morgan fingerprint density at radius 1 is 0.333 bits per heavy atom.